The third-order valence-electron chi connectivity index (χ3n) is 4.46. The van der Waals surface area contributed by atoms with Gasteiger partial charge in [0.25, 0.3) is 0 Å². The highest BCUT2D eigenvalue weighted by atomic mass is 19.1. The van der Waals surface area contributed by atoms with E-state index in [0.717, 1.165) is 29.7 Å². The van der Waals surface area contributed by atoms with Crippen LogP contribution < -0.4 is 5.32 Å². The molecule has 0 radical (unpaired) electrons. The lowest BCUT2D eigenvalue weighted by Crippen LogP contribution is -2.13. The molecule has 0 unspecified atom stereocenters. The summed E-state index contributed by atoms with van der Waals surface area (Å²) in [7, 11) is 1.79. The van der Waals surface area contributed by atoms with Crippen LogP contribution in [0.4, 0.5) is 16.2 Å². The molecule has 3 heterocycles. The number of aryl methyl sites for hydroxylation is 2. The van der Waals surface area contributed by atoms with Crippen LogP contribution in [0.15, 0.2) is 24.8 Å². The van der Waals surface area contributed by atoms with Crippen molar-refractivity contribution in [2.45, 2.75) is 26.3 Å². The Morgan fingerprint density at radius 2 is 2.12 bits per heavy atom. The van der Waals surface area contributed by atoms with Gasteiger partial charge in [-0.15, -0.1) is 5.10 Å². The second-order valence-electron chi connectivity index (χ2n) is 6.69. The molecule has 1 N–H and O–H groups in total. The molecule has 1 fully saturated rings. The average molecular weight is 342 g/mol. The molecule has 0 amide bonds. The van der Waals surface area contributed by atoms with E-state index in [2.05, 4.69) is 30.7 Å². The minimum absolute atomic E-state index is 0.206. The third-order valence-corrected chi connectivity index (χ3v) is 4.46. The molecular weight excluding hydrogens is 323 g/mol. The number of rotatable bonds is 6. The Hall–Kier alpha value is -2.84. The van der Waals surface area contributed by atoms with E-state index < -0.39 is 0 Å². The van der Waals surface area contributed by atoms with Crippen LogP contribution in [0.1, 0.15) is 18.4 Å². The van der Waals surface area contributed by atoms with Gasteiger partial charge in [0.2, 0.25) is 5.95 Å². The molecule has 4 rings (SSSR count). The fourth-order valence-corrected chi connectivity index (χ4v) is 2.74. The van der Waals surface area contributed by atoms with Crippen molar-refractivity contribution in [1.29, 1.82) is 0 Å². The minimum atomic E-state index is -0.291. The van der Waals surface area contributed by atoms with Crippen LogP contribution in [0.25, 0.3) is 11.3 Å². The molecule has 0 bridgehead atoms. The monoisotopic (exact) mass is 342 g/mol. The maximum Gasteiger partial charge on any atom is 0.229 e. The molecule has 25 heavy (non-hydrogen) atoms. The van der Waals surface area contributed by atoms with Crippen molar-refractivity contribution < 1.29 is 4.39 Å². The van der Waals surface area contributed by atoms with E-state index in [1.165, 1.54) is 0 Å². The Bertz CT molecular complexity index is 895. The van der Waals surface area contributed by atoms with Crippen molar-refractivity contribution >= 4 is 11.8 Å². The van der Waals surface area contributed by atoms with Crippen molar-refractivity contribution in [2.24, 2.45) is 12.5 Å². The Balaban J connectivity index is 1.57. The Labute approximate surface area is 144 Å². The van der Waals surface area contributed by atoms with Crippen molar-refractivity contribution in [3.63, 3.8) is 0 Å². The maximum atomic E-state index is 13.1. The summed E-state index contributed by atoms with van der Waals surface area (Å²) in [6.45, 7) is 2.27. The summed E-state index contributed by atoms with van der Waals surface area (Å²) in [4.78, 5) is 8.85. The summed E-state index contributed by atoms with van der Waals surface area (Å²) >= 11 is 0. The molecule has 9 heteroatoms. The molecule has 8 nitrogen and oxygen atoms in total. The lowest BCUT2D eigenvalue weighted by molar-refractivity contribution is 0.294. The van der Waals surface area contributed by atoms with E-state index in [1.54, 1.807) is 35.0 Å². The van der Waals surface area contributed by atoms with Gasteiger partial charge in [-0.05, 0) is 25.3 Å². The predicted octanol–water partition coefficient (Wildman–Crippen LogP) is 2.27. The van der Waals surface area contributed by atoms with Crippen molar-refractivity contribution in [2.75, 3.05) is 12.0 Å². The molecule has 0 spiro atoms. The van der Waals surface area contributed by atoms with Gasteiger partial charge in [0.15, 0.2) is 5.82 Å². The predicted molar refractivity (Wildman–Crippen MR) is 89.9 cm³/mol. The minimum Gasteiger partial charge on any atom is -0.306 e. The quantitative estimate of drug-likeness (QED) is 0.739. The van der Waals surface area contributed by atoms with Crippen molar-refractivity contribution in [3.8, 4) is 11.3 Å². The standard InChI is InChI=1S/C16H19FN8/c1-11-5-18-15(20-13-8-24(2)23-22-13)21-14(11)12-6-19-25(7-12)10-16(9-17)3-4-16/h5-8H,3-4,9-10H2,1-2H3,(H,18,20,21). The second kappa shape index (κ2) is 5.91. The molecular formula is C16H19FN8. The SMILES string of the molecule is Cc1cnc(Nc2cn(C)nn2)nc1-c1cnn(CC2(CF)CC2)c1. The molecule has 3 aromatic rings. The number of hydrogen-bond acceptors (Lipinski definition) is 6. The van der Waals surface area contributed by atoms with Crippen LogP contribution in [-0.4, -0.2) is 41.4 Å². The summed E-state index contributed by atoms with van der Waals surface area (Å²) in [5.41, 5.74) is 2.41. The van der Waals surface area contributed by atoms with E-state index in [-0.39, 0.29) is 12.1 Å². The van der Waals surface area contributed by atoms with Gasteiger partial charge in [-0.25, -0.2) is 9.97 Å². The first kappa shape index (κ1) is 15.7. The van der Waals surface area contributed by atoms with Crippen molar-refractivity contribution in [3.05, 3.63) is 30.4 Å². The van der Waals surface area contributed by atoms with Crippen LogP contribution in [0.2, 0.25) is 0 Å². The van der Waals surface area contributed by atoms with Crippen LogP contribution in [0, 0.1) is 12.3 Å². The first-order valence-electron chi connectivity index (χ1n) is 8.13. The third kappa shape index (κ3) is 3.21. The highest BCUT2D eigenvalue weighted by Crippen LogP contribution is 2.47. The van der Waals surface area contributed by atoms with Gasteiger partial charge in [0.1, 0.15) is 0 Å². The number of aromatic nitrogens is 7. The fourth-order valence-electron chi connectivity index (χ4n) is 2.74. The van der Waals surface area contributed by atoms with E-state index in [4.69, 9.17) is 0 Å². The Morgan fingerprint density at radius 1 is 1.28 bits per heavy atom. The number of nitrogens with zero attached hydrogens (tertiary/aromatic N) is 7. The summed E-state index contributed by atoms with van der Waals surface area (Å²) in [5, 5.41) is 15.2. The van der Waals surface area contributed by atoms with Gasteiger partial charge in [-0.3, -0.25) is 13.8 Å². The zero-order valence-corrected chi connectivity index (χ0v) is 14.1. The summed E-state index contributed by atoms with van der Waals surface area (Å²) in [5.74, 6) is 1.02. The van der Waals surface area contributed by atoms with Crippen LogP contribution in [0.3, 0.4) is 0 Å². The molecule has 130 valence electrons. The number of alkyl halides is 1. The van der Waals surface area contributed by atoms with Gasteiger partial charge < -0.3 is 5.32 Å². The highest BCUT2D eigenvalue weighted by molar-refractivity contribution is 5.63. The maximum absolute atomic E-state index is 13.1. The number of anilines is 2. The summed E-state index contributed by atoms with van der Waals surface area (Å²) in [6, 6.07) is 0. The first-order chi connectivity index (χ1) is 12.1. The van der Waals surface area contributed by atoms with Crippen LogP contribution in [0.5, 0.6) is 0 Å². The largest absolute Gasteiger partial charge is 0.306 e. The van der Waals surface area contributed by atoms with Gasteiger partial charge in [0.05, 0.1) is 24.8 Å². The number of nitrogens with one attached hydrogen (secondary N) is 1. The lowest BCUT2D eigenvalue weighted by atomic mass is 10.1. The second-order valence-corrected chi connectivity index (χ2v) is 6.69. The molecule has 0 atom stereocenters. The topological polar surface area (TPSA) is 86.3 Å². The Kier molecular flexibility index (Phi) is 3.70. The fraction of sp³-hybridized carbons (Fsp3) is 0.438. The smallest absolute Gasteiger partial charge is 0.229 e. The molecule has 1 aliphatic carbocycles. The van der Waals surface area contributed by atoms with Gasteiger partial charge in [-0.2, -0.15) is 5.10 Å². The molecule has 1 aliphatic rings. The van der Waals surface area contributed by atoms with Crippen LogP contribution >= 0.6 is 0 Å². The van der Waals surface area contributed by atoms with Gasteiger partial charge in [0, 0.05) is 37.0 Å². The molecule has 0 saturated heterocycles. The summed E-state index contributed by atoms with van der Waals surface area (Å²) < 4.78 is 16.5. The normalized spacial score (nSPS) is 15.3. The van der Waals surface area contributed by atoms with E-state index in [9.17, 15) is 4.39 Å². The molecule has 0 aromatic carbocycles. The average Bonchev–Trinajstić information content (AvgIpc) is 3.01. The van der Waals surface area contributed by atoms with E-state index >= 15 is 0 Å². The van der Waals surface area contributed by atoms with E-state index in [1.807, 2.05) is 13.1 Å². The van der Waals surface area contributed by atoms with Gasteiger partial charge in [-0.1, -0.05) is 5.21 Å². The van der Waals surface area contributed by atoms with Crippen molar-refractivity contribution in [1.82, 2.24) is 34.7 Å². The number of hydrogen-bond donors (Lipinski definition) is 1. The van der Waals surface area contributed by atoms with Crippen LogP contribution in [-0.2, 0) is 13.6 Å². The highest BCUT2D eigenvalue weighted by Gasteiger charge is 2.43. The Morgan fingerprint density at radius 3 is 2.80 bits per heavy atom. The summed E-state index contributed by atoms with van der Waals surface area (Å²) in [6.07, 6.45) is 9.02. The number of halogens is 1. The molecule has 3 aromatic heterocycles. The lowest BCUT2D eigenvalue weighted by Gasteiger charge is -2.09. The zero-order chi connectivity index (χ0) is 17.4. The molecule has 0 aliphatic heterocycles. The first-order valence-corrected chi connectivity index (χ1v) is 8.13. The zero-order valence-electron chi connectivity index (χ0n) is 14.1. The molecule has 1 saturated carbocycles. The van der Waals surface area contributed by atoms with Gasteiger partial charge >= 0.3 is 0 Å². The van der Waals surface area contributed by atoms with E-state index in [0.29, 0.717) is 18.3 Å².